The van der Waals surface area contributed by atoms with Crippen LogP contribution in [-0.4, -0.2) is 30.9 Å². The average molecular weight is 259 g/mol. The van der Waals surface area contributed by atoms with Crippen LogP contribution in [-0.2, 0) is 11.3 Å². The van der Waals surface area contributed by atoms with Gasteiger partial charge in [-0.3, -0.25) is 4.79 Å². The van der Waals surface area contributed by atoms with Crippen molar-refractivity contribution >= 4 is 17.5 Å². The van der Waals surface area contributed by atoms with Crippen LogP contribution in [0.3, 0.4) is 0 Å². The highest BCUT2D eigenvalue weighted by molar-refractivity contribution is 6.30. The molecule has 0 bridgehead atoms. The van der Waals surface area contributed by atoms with E-state index in [1.54, 1.807) is 18.0 Å². The van der Waals surface area contributed by atoms with Crippen molar-refractivity contribution in [3.63, 3.8) is 0 Å². The Labute approximate surface area is 106 Å². The van der Waals surface area contributed by atoms with Gasteiger partial charge in [-0.2, -0.15) is 0 Å². The quantitative estimate of drug-likeness (QED) is 0.877. The van der Waals surface area contributed by atoms with Crippen LogP contribution in [0, 0.1) is 5.82 Å². The molecule has 94 valence electrons. The molecule has 1 amide bonds. The molecule has 3 nitrogen and oxygen atoms in total. The standard InChI is InChI=1S/C12H16ClFN2O/c1-3-15-7-12(17)16(2)8-9-4-5-11(14)10(13)6-9/h4-6,15H,3,7-8H2,1-2H3. The van der Waals surface area contributed by atoms with Gasteiger partial charge in [-0.05, 0) is 24.2 Å². The number of likely N-dealkylation sites (N-methyl/N-ethyl adjacent to an activating group) is 2. The molecule has 0 radical (unpaired) electrons. The number of nitrogens with zero attached hydrogens (tertiary/aromatic N) is 1. The largest absolute Gasteiger partial charge is 0.340 e. The highest BCUT2D eigenvalue weighted by Gasteiger charge is 2.09. The Morgan fingerprint density at radius 2 is 2.24 bits per heavy atom. The van der Waals surface area contributed by atoms with E-state index in [0.717, 1.165) is 12.1 Å². The molecule has 1 rings (SSSR count). The molecule has 1 aromatic carbocycles. The fourth-order valence-electron chi connectivity index (χ4n) is 1.37. The van der Waals surface area contributed by atoms with Gasteiger partial charge in [0, 0.05) is 13.6 Å². The number of carbonyl (C=O) groups is 1. The zero-order chi connectivity index (χ0) is 12.8. The number of benzene rings is 1. The summed E-state index contributed by atoms with van der Waals surface area (Å²) >= 11 is 5.67. The Morgan fingerprint density at radius 3 is 2.82 bits per heavy atom. The van der Waals surface area contributed by atoms with E-state index in [4.69, 9.17) is 11.6 Å². The molecule has 0 saturated heterocycles. The van der Waals surface area contributed by atoms with Crippen LogP contribution >= 0.6 is 11.6 Å². The lowest BCUT2D eigenvalue weighted by molar-refractivity contribution is -0.129. The van der Waals surface area contributed by atoms with Crippen LogP contribution in [0.1, 0.15) is 12.5 Å². The van der Waals surface area contributed by atoms with E-state index in [2.05, 4.69) is 5.32 Å². The predicted octanol–water partition coefficient (Wildman–Crippen LogP) is 2.05. The molecular weight excluding hydrogens is 243 g/mol. The molecule has 0 fully saturated rings. The number of carbonyl (C=O) groups excluding carboxylic acids is 1. The third-order valence-corrected chi connectivity index (χ3v) is 2.65. The van der Waals surface area contributed by atoms with Crippen LogP contribution < -0.4 is 5.32 Å². The molecule has 0 aliphatic rings. The number of amides is 1. The van der Waals surface area contributed by atoms with Gasteiger partial charge >= 0.3 is 0 Å². The molecule has 1 N–H and O–H groups in total. The molecule has 0 spiro atoms. The second-order valence-electron chi connectivity index (χ2n) is 3.78. The van der Waals surface area contributed by atoms with Crippen molar-refractivity contribution < 1.29 is 9.18 Å². The monoisotopic (exact) mass is 258 g/mol. The van der Waals surface area contributed by atoms with E-state index in [1.165, 1.54) is 12.1 Å². The highest BCUT2D eigenvalue weighted by atomic mass is 35.5. The summed E-state index contributed by atoms with van der Waals surface area (Å²) in [5.41, 5.74) is 0.809. The molecule has 0 aliphatic carbocycles. The SMILES string of the molecule is CCNCC(=O)N(C)Cc1ccc(F)c(Cl)c1. The Balaban J connectivity index is 2.58. The van der Waals surface area contributed by atoms with Gasteiger partial charge in [-0.15, -0.1) is 0 Å². The van der Waals surface area contributed by atoms with E-state index < -0.39 is 5.82 Å². The van der Waals surface area contributed by atoms with Crippen molar-refractivity contribution in [1.29, 1.82) is 0 Å². The molecule has 5 heteroatoms. The summed E-state index contributed by atoms with van der Waals surface area (Å²) in [4.78, 5) is 13.2. The Morgan fingerprint density at radius 1 is 1.53 bits per heavy atom. The Kier molecular flexibility index (Phi) is 5.38. The molecule has 0 saturated carbocycles. The number of rotatable bonds is 5. The predicted molar refractivity (Wildman–Crippen MR) is 66.4 cm³/mol. The van der Waals surface area contributed by atoms with Crippen LogP contribution in [0.15, 0.2) is 18.2 Å². The molecular formula is C12H16ClFN2O. The van der Waals surface area contributed by atoms with Gasteiger partial charge in [0.1, 0.15) is 5.82 Å². The maximum Gasteiger partial charge on any atom is 0.236 e. The summed E-state index contributed by atoms with van der Waals surface area (Å²) in [7, 11) is 1.71. The smallest absolute Gasteiger partial charge is 0.236 e. The summed E-state index contributed by atoms with van der Waals surface area (Å²) in [5, 5.41) is 3.04. The van der Waals surface area contributed by atoms with Gasteiger partial charge in [0.25, 0.3) is 0 Å². The van der Waals surface area contributed by atoms with Crippen molar-refractivity contribution in [2.45, 2.75) is 13.5 Å². The lowest BCUT2D eigenvalue weighted by Crippen LogP contribution is -2.35. The van der Waals surface area contributed by atoms with Crippen molar-refractivity contribution in [2.75, 3.05) is 20.1 Å². The van der Waals surface area contributed by atoms with Crippen molar-refractivity contribution in [3.05, 3.63) is 34.6 Å². The molecule has 0 aromatic heterocycles. The first-order valence-corrected chi connectivity index (χ1v) is 5.81. The van der Waals surface area contributed by atoms with E-state index in [-0.39, 0.29) is 10.9 Å². The van der Waals surface area contributed by atoms with Crippen LogP contribution in [0.25, 0.3) is 0 Å². The molecule has 1 aromatic rings. The highest BCUT2D eigenvalue weighted by Crippen LogP contribution is 2.16. The zero-order valence-electron chi connectivity index (χ0n) is 9.96. The fourth-order valence-corrected chi connectivity index (χ4v) is 1.57. The maximum absolute atomic E-state index is 12.9. The third kappa shape index (κ3) is 4.32. The number of hydrogen-bond donors (Lipinski definition) is 1. The lowest BCUT2D eigenvalue weighted by Gasteiger charge is -2.17. The van der Waals surface area contributed by atoms with Crippen molar-refractivity contribution in [1.82, 2.24) is 10.2 Å². The second-order valence-corrected chi connectivity index (χ2v) is 4.19. The normalized spacial score (nSPS) is 10.4. The van der Waals surface area contributed by atoms with E-state index >= 15 is 0 Å². The van der Waals surface area contributed by atoms with E-state index in [9.17, 15) is 9.18 Å². The molecule has 0 heterocycles. The molecule has 0 atom stereocenters. The second kappa shape index (κ2) is 6.57. The van der Waals surface area contributed by atoms with Gasteiger partial charge in [0.05, 0.1) is 11.6 Å². The van der Waals surface area contributed by atoms with Gasteiger partial charge in [-0.1, -0.05) is 24.6 Å². The summed E-state index contributed by atoms with van der Waals surface area (Å²) in [6, 6.07) is 4.46. The fraction of sp³-hybridized carbons (Fsp3) is 0.417. The van der Waals surface area contributed by atoms with Crippen LogP contribution in [0.4, 0.5) is 4.39 Å². The molecule has 0 unspecified atom stereocenters. The minimum atomic E-state index is -0.447. The topological polar surface area (TPSA) is 32.3 Å². The Bertz CT molecular complexity index is 398. The number of halogens is 2. The van der Waals surface area contributed by atoms with Crippen molar-refractivity contribution in [3.8, 4) is 0 Å². The summed E-state index contributed by atoms with van der Waals surface area (Å²) in [6.45, 7) is 3.42. The van der Waals surface area contributed by atoms with Gasteiger partial charge in [0.2, 0.25) is 5.91 Å². The van der Waals surface area contributed by atoms with E-state index in [0.29, 0.717) is 13.1 Å². The average Bonchev–Trinajstić information content (AvgIpc) is 2.30. The van der Waals surface area contributed by atoms with Crippen LogP contribution in [0.2, 0.25) is 5.02 Å². The van der Waals surface area contributed by atoms with Gasteiger partial charge in [0.15, 0.2) is 0 Å². The maximum atomic E-state index is 12.9. The molecule has 0 aliphatic heterocycles. The van der Waals surface area contributed by atoms with Gasteiger partial charge in [-0.25, -0.2) is 4.39 Å². The first-order chi connectivity index (χ1) is 8.04. The minimum Gasteiger partial charge on any atom is -0.340 e. The third-order valence-electron chi connectivity index (χ3n) is 2.36. The first-order valence-electron chi connectivity index (χ1n) is 5.43. The number of nitrogens with one attached hydrogen (secondary N) is 1. The summed E-state index contributed by atoms with van der Waals surface area (Å²) in [6.07, 6.45) is 0. The minimum absolute atomic E-state index is 0.00713. The van der Waals surface area contributed by atoms with Crippen LogP contribution in [0.5, 0.6) is 0 Å². The number of hydrogen-bond acceptors (Lipinski definition) is 2. The summed E-state index contributed by atoms with van der Waals surface area (Å²) in [5.74, 6) is -0.454. The van der Waals surface area contributed by atoms with E-state index in [1.807, 2.05) is 6.92 Å². The lowest BCUT2D eigenvalue weighted by atomic mass is 10.2. The Hall–Kier alpha value is -1.13. The summed E-state index contributed by atoms with van der Waals surface area (Å²) < 4.78 is 12.9. The zero-order valence-corrected chi connectivity index (χ0v) is 10.7. The molecule has 17 heavy (non-hydrogen) atoms. The van der Waals surface area contributed by atoms with Gasteiger partial charge < -0.3 is 10.2 Å². The first kappa shape index (κ1) is 13.9. The van der Waals surface area contributed by atoms with Crippen molar-refractivity contribution in [2.24, 2.45) is 0 Å².